The first-order chi connectivity index (χ1) is 8.74. The van der Waals surface area contributed by atoms with Gasteiger partial charge in [0.1, 0.15) is 0 Å². The zero-order valence-corrected chi connectivity index (χ0v) is 11.3. The highest BCUT2D eigenvalue weighted by Gasteiger charge is 2.22. The van der Waals surface area contributed by atoms with Crippen LogP contribution in [0.4, 0.5) is 5.82 Å². The molecule has 0 bridgehead atoms. The number of anilines is 1. The normalized spacial score (nSPS) is 18.9. The van der Waals surface area contributed by atoms with Crippen LogP contribution >= 0.6 is 0 Å². The van der Waals surface area contributed by atoms with Crippen LogP contribution in [0.5, 0.6) is 0 Å². The molecule has 0 spiro atoms. The maximum absolute atomic E-state index is 5.80. The van der Waals surface area contributed by atoms with E-state index in [1.54, 1.807) is 0 Å². The fourth-order valence-corrected chi connectivity index (χ4v) is 2.45. The average Bonchev–Trinajstić information content (AvgIpc) is 2.42. The van der Waals surface area contributed by atoms with Crippen LogP contribution in [0, 0.1) is 6.92 Å². The average molecular weight is 249 g/mol. The molecule has 2 rings (SSSR count). The Hall–Kier alpha value is -1.20. The number of rotatable bonds is 4. The molecule has 1 aromatic rings. The molecule has 5 heteroatoms. The molecule has 1 unspecified atom stereocenters. The van der Waals surface area contributed by atoms with Gasteiger partial charge < -0.3 is 10.6 Å². The van der Waals surface area contributed by atoms with Gasteiger partial charge in [0.05, 0.1) is 5.69 Å². The van der Waals surface area contributed by atoms with E-state index in [1.807, 2.05) is 13.0 Å². The van der Waals surface area contributed by atoms with E-state index in [2.05, 4.69) is 33.0 Å². The van der Waals surface area contributed by atoms with Gasteiger partial charge in [-0.05, 0) is 25.5 Å². The van der Waals surface area contributed by atoms with Crippen LogP contribution in [0.1, 0.15) is 19.0 Å². The first-order valence-corrected chi connectivity index (χ1v) is 6.74. The molecule has 2 heterocycles. The van der Waals surface area contributed by atoms with Crippen molar-refractivity contribution in [3.63, 3.8) is 0 Å². The summed E-state index contributed by atoms with van der Waals surface area (Å²) in [6.45, 7) is 9.05. The van der Waals surface area contributed by atoms with Crippen molar-refractivity contribution in [1.82, 2.24) is 15.1 Å². The van der Waals surface area contributed by atoms with E-state index in [1.165, 1.54) is 0 Å². The monoisotopic (exact) mass is 249 g/mol. The largest absolute Gasteiger partial charge is 0.353 e. The Bertz CT molecular complexity index is 352. The van der Waals surface area contributed by atoms with Crippen LogP contribution in [-0.2, 0) is 0 Å². The molecule has 1 saturated heterocycles. The lowest BCUT2D eigenvalue weighted by Gasteiger charge is -2.39. The predicted octanol–water partition coefficient (Wildman–Crippen LogP) is 0.644. The first kappa shape index (κ1) is 13.2. The Balaban J connectivity index is 1.92. The highest BCUT2D eigenvalue weighted by atomic mass is 15.3. The summed E-state index contributed by atoms with van der Waals surface area (Å²) < 4.78 is 0. The minimum atomic E-state index is 0.524. The zero-order chi connectivity index (χ0) is 13.0. The Kier molecular flexibility index (Phi) is 4.49. The topological polar surface area (TPSA) is 58.3 Å². The van der Waals surface area contributed by atoms with Crippen LogP contribution in [0.2, 0.25) is 0 Å². The first-order valence-electron chi connectivity index (χ1n) is 6.74. The number of nitrogens with two attached hydrogens (primary N) is 1. The second kappa shape index (κ2) is 6.11. The molecule has 18 heavy (non-hydrogen) atoms. The zero-order valence-electron chi connectivity index (χ0n) is 11.3. The number of piperazine rings is 1. The van der Waals surface area contributed by atoms with E-state index < -0.39 is 0 Å². The molecule has 0 radical (unpaired) electrons. The van der Waals surface area contributed by atoms with E-state index >= 15 is 0 Å². The van der Waals surface area contributed by atoms with Gasteiger partial charge in [-0.15, -0.1) is 5.10 Å². The molecule has 1 atom stereocenters. The molecule has 0 saturated carbocycles. The molecule has 0 aromatic carbocycles. The highest BCUT2D eigenvalue weighted by Crippen LogP contribution is 2.14. The molecule has 1 aromatic heterocycles. The van der Waals surface area contributed by atoms with Crippen molar-refractivity contribution < 1.29 is 0 Å². The molecule has 1 aliphatic rings. The summed E-state index contributed by atoms with van der Waals surface area (Å²) in [6, 6.07) is 4.60. The summed E-state index contributed by atoms with van der Waals surface area (Å²) in [4.78, 5) is 4.78. The second-order valence-electron chi connectivity index (χ2n) is 4.85. The smallest absolute Gasteiger partial charge is 0.151 e. The number of hydrogen-bond donors (Lipinski definition) is 1. The Morgan fingerprint density at radius 1 is 1.22 bits per heavy atom. The van der Waals surface area contributed by atoms with E-state index in [0.717, 1.165) is 50.7 Å². The lowest BCUT2D eigenvalue weighted by atomic mass is 10.1. The van der Waals surface area contributed by atoms with Crippen LogP contribution in [-0.4, -0.2) is 53.9 Å². The highest BCUT2D eigenvalue weighted by molar-refractivity contribution is 5.37. The lowest BCUT2D eigenvalue weighted by Crippen LogP contribution is -2.52. The van der Waals surface area contributed by atoms with Crippen LogP contribution in [0.15, 0.2) is 12.1 Å². The molecule has 0 amide bonds. The second-order valence-corrected chi connectivity index (χ2v) is 4.85. The third kappa shape index (κ3) is 2.97. The Labute approximate surface area is 109 Å². The molecule has 5 nitrogen and oxygen atoms in total. The van der Waals surface area contributed by atoms with Crippen LogP contribution in [0.25, 0.3) is 0 Å². The van der Waals surface area contributed by atoms with Gasteiger partial charge in [0, 0.05) is 38.8 Å². The third-order valence-corrected chi connectivity index (χ3v) is 3.68. The van der Waals surface area contributed by atoms with Gasteiger partial charge in [-0.2, -0.15) is 5.10 Å². The molecular weight excluding hydrogens is 226 g/mol. The van der Waals surface area contributed by atoms with Gasteiger partial charge in [-0.25, -0.2) is 0 Å². The molecule has 1 fully saturated rings. The van der Waals surface area contributed by atoms with Gasteiger partial charge in [-0.3, -0.25) is 4.90 Å². The van der Waals surface area contributed by atoms with Crippen LogP contribution < -0.4 is 10.6 Å². The van der Waals surface area contributed by atoms with E-state index in [9.17, 15) is 0 Å². The molecule has 0 aliphatic carbocycles. The van der Waals surface area contributed by atoms with Crippen molar-refractivity contribution in [2.24, 2.45) is 5.73 Å². The van der Waals surface area contributed by atoms with Gasteiger partial charge in [0.15, 0.2) is 5.82 Å². The number of hydrogen-bond acceptors (Lipinski definition) is 5. The summed E-state index contributed by atoms with van der Waals surface area (Å²) in [7, 11) is 0. The summed E-state index contributed by atoms with van der Waals surface area (Å²) in [5, 5.41) is 8.36. The fraction of sp³-hybridized carbons (Fsp3) is 0.692. The van der Waals surface area contributed by atoms with Crippen molar-refractivity contribution in [2.75, 3.05) is 37.6 Å². The molecular formula is C13H23N5. The minimum Gasteiger partial charge on any atom is -0.353 e. The van der Waals surface area contributed by atoms with E-state index in [4.69, 9.17) is 5.73 Å². The standard InChI is InChI=1S/C13H23N5/c1-3-12(10-14)17-6-8-18(9-7-17)13-5-4-11(2)15-16-13/h4-5,12H,3,6-10,14H2,1-2H3. The van der Waals surface area contributed by atoms with Crippen molar-refractivity contribution in [3.8, 4) is 0 Å². The van der Waals surface area contributed by atoms with Crippen molar-refractivity contribution in [1.29, 1.82) is 0 Å². The van der Waals surface area contributed by atoms with Crippen molar-refractivity contribution >= 4 is 5.82 Å². The van der Waals surface area contributed by atoms with Gasteiger partial charge >= 0.3 is 0 Å². The summed E-state index contributed by atoms with van der Waals surface area (Å²) in [6.07, 6.45) is 1.13. The quantitative estimate of drug-likeness (QED) is 0.849. The van der Waals surface area contributed by atoms with Gasteiger partial charge in [-0.1, -0.05) is 6.92 Å². The maximum atomic E-state index is 5.80. The minimum absolute atomic E-state index is 0.524. The molecule has 100 valence electrons. The number of aromatic nitrogens is 2. The SMILES string of the molecule is CCC(CN)N1CCN(c2ccc(C)nn2)CC1. The molecule has 1 aliphatic heterocycles. The number of aryl methyl sites for hydroxylation is 1. The van der Waals surface area contributed by atoms with E-state index in [0.29, 0.717) is 6.04 Å². The number of nitrogens with zero attached hydrogens (tertiary/aromatic N) is 4. The van der Waals surface area contributed by atoms with Gasteiger partial charge in [0.25, 0.3) is 0 Å². The summed E-state index contributed by atoms with van der Waals surface area (Å²) in [5.74, 6) is 0.987. The maximum Gasteiger partial charge on any atom is 0.151 e. The Morgan fingerprint density at radius 3 is 2.44 bits per heavy atom. The lowest BCUT2D eigenvalue weighted by molar-refractivity contribution is 0.184. The summed E-state index contributed by atoms with van der Waals surface area (Å²) >= 11 is 0. The van der Waals surface area contributed by atoms with Crippen LogP contribution in [0.3, 0.4) is 0 Å². The third-order valence-electron chi connectivity index (χ3n) is 3.68. The van der Waals surface area contributed by atoms with Crippen molar-refractivity contribution in [3.05, 3.63) is 17.8 Å². The van der Waals surface area contributed by atoms with E-state index in [-0.39, 0.29) is 0 Å². The van der Waals surface area contributed by atoms with Crippen molar-refractivity contribution in [2.45, 2.75) is 26.3 Å². The Morgan fingerprint density at radius 2 is 1.94 bits per heavy atom. The fourth-order valence-electron chi connectivity index (χ4n) is 2.45. The molecule has 2 N–H and O–H groups in total. The predicted molar refractivity (Wildman–Crippen MR) is 73.7 cm³/mol. The van der Waals surface area contributed by atoms with Gasteiger partial charge in [0.2, 0.25) is 0 Å². The summed E-state index contributed by atoms with van der Waals surface area (Å²) in [5.41, 5.74) is 6.76.